The predicted octanol–water partition coefficient (Wildman–Crippen LogP) is 4.66. The van der Waals surface area contributed by atoms with Crippen molar-refractivity contribution in [3.05, 3.63) is 52.9 Å². The summed E-state index contributed by atoms with van der Waals surface area (Å²) in [5.74, 6) is 0. The molecule has 0 radical (unpaired) electrons. The van der Waals surface area contributed by atoms with E-state index in [1.54, 1.807) is 11.3 Å². The maximum absolute atomic E-state index is 9.69. The van der Waals surface area contributed by atoms with Crippen LogP contribution < -0.4 is 5.32 Å². The van der Waals surface area contributed by atoms with E-state index in [9.17, 15) is 5.11 Å². The molecule has 3 aromatic rings. The molecule has 4 heteroatoms. The molecule has 0 amide bonds. The summed E-state index contributed by atoms with van der Waals surface area (Å²) in [5.41, 5.74) is 4.67. The Labute approximate surface area is 152 Å². The molecule has 0 spiro atoms. The second kappa shape index (κ2) is 7.24. The second-order valence-corrected chi connectivity index (χ2v) is 7.95. The molecular weight excluding hydrogens is 328 g/mol. The van der Waals surface area contributed by atoms with Gasteiger partial charge in [-0.3, -0.25) is 0 Å². The molecule has 2 aromatic heterocycles. The van der Waals surface area contributed by atoms with Crippen molar-refractivity contribution in [3.63, 3.8) is 0 Å². The standard InChI is InChI=1S/C21H24N2OS/c1-14-4-2-5-15-12-16(13-22-17-7-9-18(24)10-8-17)21(23-20(14)15)19-6-3-11-25-19/h2-6,11-12,17-18,22,24H,7-10,13H2,1H3. The normalized spacial score (nSPS) is 20.9. The van der Waals surface area contributed by atoms with Gasteiger partial charge in [0.05, 0.1) is 22.2 Å². The lowest BCUT2D eigenvalue weighted by atomic mass is 9.93. The van der Waals surface area contributed by atoms with Gasteiger partial charge in [0.15, 0.2) is 0 Å². The van der Waals surface area contributed by atoms with E-state index < -0.39 is 0 Å². The van der Waals surface area contributed by atoms with Crippen molar-refractivity contribution in [2.45, 2.75) is 51.3 Å². The number of hydrogen-bond acceptors (Lipinski definition) is 4. The molecule has 1 aliphatic rings. The lowest BCUT2D eigenvalue weighted by molar-refractivity contribution is 0.116. The molecule has 130 valence electrons. The van der Waals surface area contributed by atoms with Crippen LogP contribution >= 0.6 is 11.3 Å². The van der Waals surface area contributed by atoms with Crippen molar-refractivity contribution < 1.29 is 5.11 Å². The van der Waals surface area contributed by atoms with Gasteiger partial charge in [0.1, 0.15) is 0 Å². The highest BCUT2D eigenvalue weighted by molar-refractivity contribution is 7.13. The fraction of sp³-hybridized carbons (Fsp3) is 0.381. The van der Waals surface area contributed by atoms with Crippen molar-refractivity contribution in [3.8, 4) is 10.6 Å². The summed E-state index contributed by atoms with van der Waals surface area (Å²) in [4.78, 5) is 6.25. The third kappa shape index (κ3) is 3.61. The van der Waals surface area contributed by atoms with Crippen LogP contribution in [0.2, 0.25) is 0 Å². The number of hydrogen-bond donors (Lipinski definition) is 2. The average Bonchev–Trinajstić information content (AvgIpc) is 3.15. The van der Waals surface area contributed by atoms with Crippen molar-refractivity contribution in [2.75, 3.05) is 0 Å². The Bertz CT molecular complexity index is 852. The van der Waals surface area contributed by atoms with Crippen LogP contribution in [-0.4, -0.2) is 22.2 Å². The second-order valence-electron chi connectivity index (χ2n) is 7.01. The number of aryl methyl sites for hydroxylation is 1. The Hall–Kier alpha value is -1.75. The summed E-state index contributed by atoms with van der Waals surface area (Å²) in [7, 11) is 0. The number of rotatable bonds is 4. The highest BCUT2D eigenvalue weighted by Crippen LogP contribution is 2.30. The maximum atomic E-state index is 9.69. The number of para-hydroxylation sites is 1. The molecule has 1 aliphatic carbocycles. The quantitative estimate of drug-likeness (QED) is 0.717. The third-order valence-corrected chi connectivity index (χ3v) is 6.04. The predicted molar refractivity (Wildman–Crippen MR) is 105 cm³/mol. The molecule has 1 fully saturated rings. The van der Waals surface area contributed by atoms with Gasteiger partial charge in [-0.05, 0) is 61.2 Å². The molecule has 1 saturated carbocycles. The van der Waals surface area contributed by atoms with Crippen molar-refractivity contribution in [1.29, 1.82) is 0 Å². The molecular formula is C21H24N2OS. The minimum Gasteiger partial charge on any atom is -0.393 e. The van der Waals surface area contributed by atoms with Crippen LogP contribution in [-0.2, 0) is 6.54 Å². The molecule has 0 unspecified atom stereocenters. The van der Waals surface area contributed by atoms with Gasteiger partial charge in [-0.2, -0.15) is 0 Å². The lowest BCUT2D eigenvalue weighted by Crippen LogP contribution is -2.34. The first-order valence-corrected chi connectivity index (χ1v) is 9.93. The molecule has 1 aromatic carbocycles. The lowest BCUT2D eigenvalue weighted by Gasteiger charge is -2.26. The van der Waals surface area contributed by atoms with E-state index in [1.165, 1.54) is 21.4 Å². The number of aliphatic hydroxyl groups excluding tert-OH is 1. The fourth-order valence-electron chi connectivity index (χ4n) is 3.69. The Morgan fingerprint density at radius 2 is 2.00 bits per heavy atom. The summed E-state index contributed by atoms with van der Waals surface area (Å²) in [6.07, 6.45) is 3.81. The largest absolute Gasteiger partial charge is 0.393 e. The number of aromatic nitrogens is 1. The number of thiophene rings is 1. The van der Waals surface area contributed by atoms with Gasteiger partial charge < -0.3 is 10.4 Å². The summed E-state index contributed by atoms with van der Waals surface area (Å²) < 4.78 is 0. The minimum absolute atomic E-state index is 0.106. The van der Waals surface area contributed by atoms with E-state index in [1.807, 2.05) is 0 Å². The summed E-state index contributed by atoms with van der Waals surface area (Å²) in [6.45, 7) is 2.95. The van der Waals surface area contributed by atoms with Gasteiger partial charge in [0.25, 0.3) is 0 Å². The van der Waals surface area contributed by atoms with E-state index in [-0.39, 0.29) is 6.10 Å². The van der Waals surface area contributed by atoms with Crippen LogP contribution in [0.25, 0.3) is 21.5 Å². The summed E-state index contributed by atoms with van der Waals surface area (Å²) in [6, 6.07) is 13.4. The summed E-state index contributed by atoms with van der Waals surface area (Å²) in [5, 5.41) is 16.7. The number of benzene rings is 1. The molecule has 0 atom stereocenters. The van der Waals surface area contributed by atoms with Gasteiger partial charge in [0.2, 0.25) is 0 Å². The van der Waals surface area contributed by atoms with Crippen LogP contribution in [0.3, 0.4) is 0 Å². The van der Waals surface area contributed by atoms with Crippen LogP contribution in [0.5, 0.6) is 0 Å². The van der Waals surface area contributed by atoms with Gasteiger partial charge in [-0.1, -0.05) is 24.3 Å². The van der Waals surface area contributed by atoms with E-state index in [0.29, 0.717) is 6.04 Å². The zero-order chi connectivity index (χ0) is 17.2. The average molecular weight is 353 g/mol. The maximum Gasteiger partial charge on any atom is 0.0854 e. The van der Waals surface area contributed by atoms with Gasteiger partial charge in [-0.25, -0.2) is 4.98 Å². The number of nitrogens with zero attached hydrogens (tertiary/aromatic N) is 1. The third-order valence-electron chi connectivity index (χ3n) is 5.16. The zero-order valence-electron chi connectivity index (χ0n) is 14.5. The molecule has 3 nitrogen and oxygen atoms in total. The molecule has 0 bridgehead atoms. The minimum atomic E-state index is -0.106. The van der Waals surface area contributed by atoms with Crippen molar-refractivity contribution in [1.82, 2.24) is 10.3 Å². The molecule has 0 aliphatic heterocycles. The molecule has 0 saturated heterocycles. The highest BCUT2D eigenvalue weighted by atomic mass is 32.1. The first-order chi connectivity index (χ1) is 12.2. The van der Waals surface area contributed by atoms with Crippen LogP contribution in [0, 0.1) is 6.92 Å². The van der Waals surface area contributed by atoms with Crippen molar-refractivity contribution in [2.24, 2.45) is 0 Å². The molecule has 2 N–H and O–H groups in total. The summed E-state index contributed by atoms with van der Waals surface area (Å²) >= 11 is 1.74. The van der Waals surface area contributed by atoms with Crippen LogP contribution in [0.15, 0.2) is 41.8 Å². The first kappa shape index (κ1) is 16.7. The van der Waals surface area contributed by atoms with Crippen LogP contribution in [0.4, 0.5) is 0 Å². The monoisotopic (exact) mass is 352 g/mol. The first-order valence-electron chi connectivity index (χ1n) is 9.05. The van der Waals surface area contributed by atoms with Gasteiger partial charge in [-0.15, -0.1) is 11.3 Å². The zero-order valence-corrected chi connectivity index (χ0v) is 15.4. The molecule has 4 rings (SSSR count). The van der Waals surface area contributed by atoms with E-state index in [0.717, 1.165) is 43.4 Å². The van der Waals surface area contributed by atoms with E-state index in [2.05, 4.69) is 54.0 Å². The number of fused-ring (bicyclic) bond motifs is 1. The Morgan fingerprint density at radius 3 is 2.76 bits per heavy atom. The van der Waals surface area contributed by atoms with Crippen molar-refractivity contribution >= 4 is 22.2 Å². The SMILES string of the molecule is Cc1cccc2cc(CNC3CCC(O)CC3)c(-c3cccs3)nc12. The Balaban J connectivity index is 1.65. The molecule has 25 heavy (non-hydrogen) atoms. The highest BCUT2D eigenvalue weighted by Gasteiger charge is 2.19. The van der Waals surface area contributed by atoms with E-state index in [4.69, 9.17) is 4.98 Å². The number of nitrogens with one attached hydrogen (secondary N) is 1. The Kier molecular flexibility index (Phi) is 4.84. The topological polar surface area (TPSA) is 45.1 Å². The number of aliphatic hydroxyl groups is 1. The van der Waals surface area contributed by atoms with Gasteiger partial charge in [0, 0.05) is 18.0 Å². The van der Waals surface area contributed by atoms with E-state index >= 15 is 0 Å². The Morgan fingerprint density at radius 1 is 1.16 bits per heavy atom. The molecule has 2 heterocycles. The van der Waals surface area contributed by atoms with Crippen LogP contribution in [0.1, 0.15) is 36.8 Å². The smallest absolute Gasteiger partial charge is 0.0854 e. The fourth-order valence-corrected chi connectivity index (χ4v) is 4.44. The number of pyridine rings is 1. The van der Waals surface area contributed by atoms with Gasteiger partial charge >= 0.3 is 0 Å².